The van der Waals surface area contributed by atoms with Crippen molar-refractivity contribution < 1.29 is 19.4 Å². The van der Waals surface area contributed by atoms with E-state index in [4.69, 9.17) is 9.84 Å². The second-order valence-electron chi connectivity index (χ2n) is 3.96. The van der Waals surface area contributed by atoms with Gasteiger partial charge in [0.1, 0.15) is 0 Å². The van der Waals surface area contributed by atoms with E-state index in [1.54, 1.807) is 0 Å². The van der Waals surface area contributed by atoms with E-state index in [0.717, 1.165) is 25.7 Å². The molecular formula is C12H24O4Sn. The fourth-order valence-corrected chi connectivity index (χ4v) is 1.40. The number of hydrogen-bond donors (Lipinski definition) is 1. The van der Waals surface area contributed by atoms with Crippen molar-refractivity contribution in [2.45, 2.75) is 52.4 Å². The van der Waals surface area contributed by atoms with Crippen LogP contribution in [-0.4, -0.2) is 47.6 Å². The summed E-state index contributed by atoms with van der Waals surface area (Å²) in [6.07, 6.45) is 4.10. The number of carboxylic acids is 1. The monoisotopic (exact) mass is 352 g/mol. The van der Waals surface area contributed by atoms with Crippen molar-refractivity contribution in [3.63, 3.8) is 0 Å². The molecule has 0 heterocycles. The Labute approximate surface area is 120 Å². The van der Waals surface area contributed by atoms with Gasteiger partial charge in [0.05, 0.1) is 18.9 Å². The van der Waals surface area contributed by atoms with Crippen molar-refractivity contribution in [3.8, 4) is 0 Å². The van der Waals surface area contributed by atoms with Crippen molar-refractivity contribution in [3.05, 3.63) is 0 Å². The van der Waals surface area contributed by atoms with Crippen molar-refractivity contribution in [2.24, 2.45) is 5.92 Å². The Morgan fingerprint density at radius 3 is 2.24 bits per heavy atom. The molecular weight excluding hydrogens is 327 g/mol. The summed E-state index contributed by atoms with van der Waals surface area (Å²) in [4.78, 5) is 22.2. The second kappa shape index (κ2) is 12.2. The fraction of sp³-hybridized carbons (Fsp3) is 0.833. The molecule has 1 unspecified atom stereocenters. The molecule has 1 atom stereocenters. The van der Waals surface area contributed by atoms with Crippen LogP contribution in [-0.2, 0) is 14.3 Å². The van der Waals surface area contributed by atoms with Crippen LogP contribution in [0.2, 0.25) is 0 Å². The molecule has 0 aliphatic rings. The van der Waals surface area contributed by atoms with Gasteiger partial charge in [-0.2, -0.15) is 0 Å². The molecule has 0 spiro atoms. The molecule has 1 N–H and O–H groups in total. The molecule has 0 aliphatic heterocycles. The molecule has 0 aliphatic carbocycles. The van der Waals surface area contributed by atoms with E-state index >= 15 is 0 Å². The van der Waals surface area contributed by atoms with Crippen LogP contribution in [0.25, 0.3) is 0 Å². The van der Waals surface area contributed by atoms with Crippen LogP contribution in [0, 0.1) is 5.92 Å². The van der Waals surface area contributed by atoms with Gasteiger partial charge in [-0.3, -0.25) is 9.59 Å². The molecule has 0 rings (SSSR count). The molecule has 0 aromatic heterocycles. The molecule has 0 fully saturated rings. The van der Waals surface area contributed by atoms with Gasteiger partial charge in [-0.1, -0.05) is 33.1 Å². The Bertz CT molecular complexity index is 219. The Hall–Kier alpha value is -0.261. The first-order chi connectivity index (χ1) is 7.61. The minimum atomic E-state index is -0.937. The van der Waals surface area contributed by atoms with E-state index in [1.807, 2.05) is 13.8 Å². The number of rotatable bonds is 9. The summed E-state index contributed by atoms with van der Waals surface area (Å²) < 4.78 is 5.04. The normalized spacial score (nSPS) is 11.4. The van der Waals surface area contributed by atoms with Crippen LogP contribution in [0.3, 0.4) is 0 Å². The Kier molecular flexibility index (Phi) is 13.7. The van der Waals surface area contributed by atoms with E-state index in [1.165, 1.54) is 0 Å². The number of hydrogen-bond acceptors (Lipinski definition) is 3. The molecule has 2 radical (unpaired) electrons. The third-order valence-electron chi connectivity index (χ3n) is 2.40. The Balaban J connectivity index is 0. The second-order valence-corrected chi connectivity index (χ2v) is 3.96. The fourth-order valence-electron chi connectivity index (χ4n) is 1.40. The van der Waals surface area contributed by atoms with Gasteiger partial charge in [0.25, 0.3) is 0 Å². The van der Waals surface area contributed by atoms with E-state index < -0.39 is 11.9 Å². The van der Waals surface area contributed by atoms with Crippen molar-refractivity contribution in [1.82, 2.24) is 0 Å². The number of unbranched alkanes of at least 4 members (excludes halogenated alkanes) is 2. The maximum absolute atomic E-state index is 11.6. The Morgan fingerprint density at radius 2 is 1.76 bits per heavy atom. The predicted molar refractivity (Wildman–Crippen MR) is 69.7 cm³/mol. The first kappa shape index (κ1) is 19.1. The summed E-state index contributed by atoms with van der Waals surface area (Å²) in [5, 5.41) is 8.70. The number of carbonyl (C=O) groups is 2. The predicted octanol–water partition coefficient (Wildman–Crippen LogP) is 1.69. The minimum absolute atomic E-state index is 0. The summed E-state index contributed by atoms with van der Waals surface area (Å²) in [5.74, 6) is -1.77. The zero-order valence-electron chi connectivity index (χ0n) is 10.9. The molecule has 0 saturated carbocycles. The first-order valence-corrected chi connectivity index (χ1v) is 6.00. The summed E-state index contributed by atoms with van der Waals surface area (Å²) in [7, 11) is 0. The number of carbonyl (C=O) groups excluding carboxylic acids is 1. The number of esters is 1. The maximum atomic E-state index is 11.6. The van der Waals surface area contributed by atoms with Crippen LogP contribution < -0.4 is 0 Å². The molecule has 0 saturated heterocycles. The number of ether oxygens (including phenoxy) is 1. The van der Waals surface area contributed by atoms with Gasteiger partial charge in [-0.25, -0.2) is 0 Å². The molecule has 5 heteroatoms. The standard InChI is InChI=1S/C12H22O4.Sn.2H/c1-3-5-7-10(9-11(13)14)12(15)16-8-6-4-2;;;/h10H,3-9H2,1-2H3,(H,13,14);;;. The van der Waals surface area contributed by atoms with Gasteiger partial charge < -0.3 is 9.84 Å². The molecule has 0 amide bonds. The van der Waals surface area contributed by atoms with E-state index in [-0.39, 0.29) is 36.3 Å². The molecule has 4 nitrogen and oxygen atoms in total. The van der Waals surface area contributed by atoms with Crippen molar-refractivity contribution in [2.75, 3.05) is 6.61 Å². The number of aliphatic carboxylic acids is 1. The van der Waals surface area contributed by atoms with Gasteiger partial charge >= 0.3 is 35.8 Å². The van der Waals surface area contributed by atoms with Gasteiger partial charge in [0.2, 0.25) is 0 Å². The van der Waals surface area contributed by atoms with Gasteiger partial charge in [0, 0.05) is 0 Å². The zero-order valence-corrected chi connectivity index (χ0v) is 14.9. The molecule has 17 heavy (non-hydrogen) atoms. The van der Waals surface area contributed by atoms with Gasteiger partial charge in [-0.15, -0.1) is 0 Å². The first-order valence-electron chi connectivity index (χ1n) is 6.00. The van der Waals surface area contributed by atoms with Crippen molar-refractivity contribution in [1.29, 1.82) is 0 Å². The molecule has 0 aromatic rings. The van der Waals surface area contributed by atoms with Crippen LogP contribution in [0.5, 0.6) is 0 Å². The van der Waals surface area contributed by atoms with Gasteiger partial charge in [-0.05, 0) is 12.8 Å². The zero-order chi connectivity index (χ0) is 12.4. The third-order valence-corrected chi connectivity index (χ3v) is 2.40. The van der Waals surface area contributed by atoms with Crippen LogP contribution in [0.4, 0.5) is 0 Å². The summed E-state index contributed by atoms with van der Waals surface area (Å²) in [5.41, 5.74) is 0. The van der Waals surface area contributed by atoms with Crippen molar-refractivity contribution >= 4 is 35.8 Å². The van der Waals surface area contributed by atoms with Gasteiger partial charge in [0.15, 0.2) is 0 Å². The molecule has 0 bridgehead atoms. The van der Waals surface area contributed by atoms with Crippen LogP contribution in [0.1, 0.15) is 52.4 Å². The number of carboxylic acid groups (broad SMARTS) is 1. The van der Waals surface area contributed by atoms with Crippen LogP contribution in [0.15, 0.2) is 0 Å². The SMILES string of the molecule is CCCCOC(=O)C(CCCC)CC(=O)O.[SnH2]. The average Bonchev–Trinajstić information content (AvgIpc) is 2.23. The molecule has 100 valence electrons. The quantitative estimate of drug-likeness (QED) is 0.390. The van der Waals surface area contributed by atoms with E-state index in [9.17, 15) is 9.59 Å². The average molecular weight is 351 g/mol. The third kappa shape index (κ3) is 10.6. The Morgan fingerprint density at radius 1 is 1.18 bits per heavy atom. The molecule has 0 aromatic carbocycles. The van der Waals surface area contributed by atoms with Crippen LogP contribution >= 0.6 is 0 Å². The van der Waals surface area contributed by atoms with E-state index in [0.29, 0.717) is 13.0 Å². The topological polar surface area (TPSA) is 63.6 Å². The summed E-state index contributed by atoms with van der Waals surface area (Å²) in [6.45, 7) is 4.43. The summed E-state index contributed by atoms with van der Waals surface area (Å²) in [6, 6.07) is 0. The summed E-state index contributed by atoms with van der Waals surface area (Å²) >= 11 is 0. The van der Waals surface area contributed by atoms with E-state index in [2.05, 4.69) is 0 Å².